The molecule has 0 aliphatic carbocycles. The third kappa shape index (κ3) is 3.20. The Balaban J connectivity index is 4.70. The Kier molecular flexibility index (Phi) is 6.03. The molecule has 0 saturated carbocycles. The number of carboxylic acid groups (broad SMARTS) is 1. The van der Waals surface area contributed by atoms with Crippen molar-refractivity contribution in [3.05, 3.63) is 0 Å². The van der Waals surface area contributed by atoms with Gasteiger partial charge < -0.3 is 16.2 Å². The monoisotopic (exact) mass is 230 g/mol. The van der Waals surface area contributed by atoms with E-state index in [-0.39, 0.29) is 12.5 Å². The minimum atomic E-state index is -1.01. The summed E-state index contributed by atoms with van der Waals surface area (Å²) in [5.41, 5.74) is 4.98. The fourth-order valence-corrected chi connectivity index (χ4v) is 1.60. The van der Waals surface area contributed by atoms with Gasteiger partial charge in [0, 0.05) is 6.54 Å². The number of amides is 1. The van der Waals surface area contributed by atoms with E-state index in [0.717, 1.165) is 0 Å². The molecule has 5 heteroatoms. The number of carbonyl (C=O) groups excluding carboxylic acids is 1. The molecule has 4 N–H and O–H groups in total. The van der Waals surface area contributed by atoms with E-state index in [1.807, 2.05) is 13.8 Å². The van der Waals surface area contributed by atoms with Crippen molar-refractivity contribution in [3.8, 4) is 0 Å². The molecule has 0 spiro atoms. The molecule has 0 aromatic heterocycles. The van der Waals surface area contributed by atoms with E-state index in [2.05, 4.69) is 5.32 Å². The summed E-state index contributed by atoms with van der Waals surface area (Å²) in [6.07, 6.45) is 1.60. The fraction of sp³-hybridized carbons (Fsp3) is 0.818. The average Bonchev–Trinajstić information content (AvgIpc) is 2.28. The van der Waals surface area contributed by atoms with Gasteiger partial charge in [0.25, 0.3) is 0 Å². The SMILES string of the molecule is CC[C@H](NC(=O)C(CC)(CC)CN)C(=O)O. The van der Waals surface area contributed by atoms with Crippen LogP contribution < -0.4 is 11.1 Å². The van der Waals surface area contributed by atoms with Crippen LogP contribution in [0.2, 0.25) is 0 Å². The average molecular weight is 230 g/mol. The predicted molar refractivity (Wildman–Crippen MR) is 61.9 cm³/mol. The highest BCUT2D eigenvalue weighted by Crippen LogP contribution is 2.25. The van der Waals surface area contributed by atoms with Crippen LogP contribution in [0.4, 0.5) is 0 Å². The Morgan fingerprint density at radius 1 is 1.31 bits per heavy atom. The van der Waals surface area contributed by atoms with Crippen LogP contribution in [0.15, 0.2) is 0 Å². The molecule has 1 atom stereocenters. The zero-order valence-electron chi connectivity index (χ0n) is 10.2. The first kappa shape index (κ1) is 14.9. The van der Waals surface area contributed by atoms with Crippen LogP contribution >= 0.6 is 0 Å². The molecule has 0 aromatic rings. The molecule has 0 saturated heterocycles. The molecule has 0 aliphatic heterocycles. The van der Waals surface area contributed by atoms with E-state index in [1.54, 1.807) is 6.92 Å². The highest BCUT2D eigenvalue weighted by Gasteiger charge is 2.35. The molecule has 0 heterocycles. The van der Waals surface area contributed by atoms with Gasteiger partial charge in [0.15, 0.2) is 0 Å². The third-order valence-corrected chi connectivity index (χ3v) is 3.24. The standard InChI is InChI=1S/C11H22N2O3/c1-4-8(9(14)15)13-10(16)11(5-2,6-3)7-12/h8H,4-7,12H2,1-3H3,(H,13,16)(H,14,15)/t8-/m0/s1. The third-order valence-electron chi connectivity index (χ3n) is 3.24. The van der Waals surface area contributed by atoms with Gasteiger partial charge in [0.2, 0.25) is 5.91 Å². The van der Waals surface area contributed by atoms with Crippen molar-refractivity contribution in [1.82, 2.24) is 5.32 Å². The van der Waals surface area contributed by atoms with Crippen LogP contribution in [0.3, 0.4) is 0 Å². The second kappa shape index (κ2) is 6.48. The molecule has 0 aliphatic rings. The molecule has 94 valence electrons. The summed E-state index contributed by atoms with van der Waals surface area (Å²) in [5, 5.41) is 11.4. The minimum Gasteiger partial charge on any atom is -0.480 e. The Morgan fingerprint density at radius 3 is 2.06 bits per heavy atom. The largest absolute Gasteiger partial charge is 0.480 e. The van der Waals surface area contributed by atoms with Crippen molar-refractivity contribution in [2.45, 2.75) is 46.1 Å². The van der Waals surface area contributed by atoms with Crippen molar-refractivity contribution in [2.24, 2.45) is 11.1 Å². The summed E-state index contributed by atoms with van der Waals surface area (Å²) < 4.78 is 0. The van der Waals surface area contributed by atoms with Gasteiger partial charge in [-0.1, -0.05) is 20.8 Å². The first-order valence-electron chi connectivity index (χ1n) is 5.71. The Hall–Kier alpha value is -1.10. The molecule has 16 heavy (non-hydrogen) atoms. The number of carboxylic acids is 1. The van der Waals surface area contributed by atoms with Gasteiger partial charge in [-0.15, -0.1) is 0 Å². The van der Waals surface area contributed by atoms with E-state index < -0.39 is 17.4 Å². The molecular formula is C11H22N2O3. The van der Waals surface area contributed by atoms with Crippen molar-refractivity contribution < 1.29 is 14.7 Å². The summed E-state index contributed by atoms with van der Waals surface area (Å²) in [4.78, 5) is 22.8. The Labute approximate surface area is 96.4 Å². The lowest BCUT2D eigenvalue weighted by Crippen LogP contribution is -2.50. The van der Waals surface area contributed by atoms with Gasteiger partial charge in [0.05, 0.1) is 5.41 Å². The Bertz CT molecular complexity index is 241. The molecule has 0 bridgehead atoms. The van der Waals surface area contributed by atoms with E-state index in [1.165, 1.54) is 0 Å². The number of carbonyl (C=O) groups is 2. The predicted octanol–water partition coefficient (Wildman–Crippen LogP) is 0.731. The number of aliphatic carboxylic acids is 1. The zero-order valence-corrected chi connectivity index (χ0v) is 10.2. The quantitative estimate of drug-likeness (QED) is 0.601. The molecule has 0 rings (SSSR count). The van der Waals surface area contributed by atoms with E-state index in [4.69, 9.17) is 10.8 Å². The lowest BCUT2D eigenvalue weighted by molar-refractivity contribution is -0.144. The van der Waals surface area contributed by atoms with Crippen LogP contribution in [0.25, 0.3) is 0 Å². The van der Waals surface area contributed by atoms with Gasteiger partial charge in [-0.25, -0.2) is 4.79 Å². The smallest absolute Gasteiger partial charge is 0.326 e. The number of hydrogen-bond acceptors (Lipinski definition) is 3. The van der Waals surface area contributed by atoms with E-state index in [0.29, 0.717) is 19.3 Å². The lowest BCUT2D eigenvalue weighted by Gasteiger charge is -2.29. The second-order valence-electron chi connectivity index (χ2n) is 3.96. The molecule has 0 aromatic carbocycles. The maximum absolute atomic E-state index is 12.0. The van der Waals surface area contributed by atoms with Gasteiger partial charge in [0.1, 0.15) is 6.04 Å². The van der Waals surface area contributed by atoms with Crippen LogP contribution in [0, 0.1) is 5.41 Å². The fourth-order valence-electron chi connectivity index (χ4n) is 1.60. The molecule has 0 radical (unpaired) electrons. The van der Waals surface area contributed by atoms with Crippen molar-refractivity contribution >= 4 is 11.9 Å². The number of nitrogens with two attached hydrogens (primary N) is 1. The maximum Gasteiger partial charge on any atom is 0.326 e. The van der Waals surface area contributed by atoms with Crippen molar-refractivity contribution in [1.29, 1.82) is 0 Å². The first-order valence-corrected chi connectivity index (χ1v) is 5.71. The summed E-state index contributed by atoms with van der Waals surface area (Å²) >= 11 is 0. The molecule has 5 nitrogen and oxygen atoms in total. The molecule has 0 unspecified atom stereocenters. The number of nitrogens with one attached hydrogen (secondary N) is 1. The van der Waals surface area contributed by atoms with Crippen LogP contribution in [0.5, 0.6) is 0 Å². The van der Waals surface area contributed by atoms with Crippen LogP contribution in [-0.2, 0) is 9.59 Å². The topological polar surface area (TPSA) is 92.4 Å². The number of rotatable bonds is 7. The molecular weight excluding hydrogens is 208 g/mol. The van der Waals surface area contributed by atoms with Crippen LogP contribution in [-0.4, -0.2) is 29.6 Å². The highest BCUT2D eigenvalue weighted by atomic mass is 16.4. The van der Waals surface area contributed by atoms with Crippen LogP contribution in [0.1, 0.15) is 40.0 Å². The van der Waals surface area contributed by atoms with Crippen molar-refractivity contribution in [2.75, 3.05) is 6.54 Å². The van der Waals surface area contributed by atoms with Gasteiger partial charge in [-0.05, 0) is 19.3 Å². The zero-order chi connectivity index (χ0) is 12.8. The summed E-state index contributed by atoms with van der Waals surface area (Å²) in [5.74, 6) is -1.26. The van der Waals surface area contributed by atoms with Gasteiger partial charge in [-0.2, -0.15) is 0 Å². The first-order chi connectivity index (χ1) is 7.47. The Morgan fingerprint density at radius 2 is 1.81 bits per heavy atom. The lowest BCUT2D eigenvalue weighted by atomic mass is 9.81. The van der Waals surface area contributed by atoms with Gasteiger partial charge in [-0.3, -0.25) is 4.79 Å². The normalized spacial score (nSPS) is 13.2. The minimum absolute atomic E-state index is 0.238. The van der Waals surface area contributed by atoms with Gasteiger partial charge >= 0.3 is 5.97 Å². The summed E-state index contributed by atoms with van der Waals surface area (Å²) in [7, 11) is 0. The molecule has 0 fully saturated rings. The van der Waals surface area contributed by atoms with E-state index >= 15 is 0 Å². The number of hydrogen-bond donors (Lipinski definition) is 3. The summed E-state index contributed by atoms with van der Waals surface area (Å²) in [6.45, 7) is 5.73. The molecule has 1 amide bonds. The highest BCUT2D eigenvalue weighted by molar-refractivity contribution is 5.87. The van der Waals surface area contributed by atoms with Crippen molar-refractivity contribution in [3.63, 3.8) is 0 Å². The van der Waals surface area contributed by atoms with E-state index in [9.17, 15) is 9.59 Å². The second-order valence-corrected chi connectivity index (χ2v) is 3.96. The maximum atomic E-state index is 12.0. The summed E-state index contributed by atoms with van der Waals surface area (Å²) in [6, 6.07) is -0.823.